The van der Waals surface area contributed by atoms with E-state index in [0.717, 1.165) is 4.31 Å². The van der Waals surface area contributed by atoms with Crippen molar-refractivity contribution in [2.24, 2.45) is 5.92 Å². The molecule has 1 heterocycles. The second kappa shape index (κ2) is 4.29. The highest BCUT2D eigenvalue weighted by Crippen LogP contribution is 2.35. The van der Waals surface area contributed by atoms with Gasteiger partial charge in [-0.05, 0) is 19.8 Å². The molecule has 0 radical (unpaired) electrons. The monoisotopic (exact) mass is 263 g/mol. The number of hydrogen-bond acceptors (Lipinski definition) is 4. The van der Waals surface area contributed by atoms with Crippen LogP contribution >= 0.6 is 0 Å². The van der Waals surface area contributed by atoms with Crippen LogP contribution in [0.4, 0.5) is 0 Å². The standard InChI is InChI=1S/C10H17NO5S/c1-4-7(5-8(12)13)6-11-9(14)10(2,3)17(11,15)16/h7H,4-6H2,1-3H3,(H,12,13). The van der Waals surface area contributed by atoms with Crippen LogP contribution in [-0.2, 0) is 19.6 Å². The maximum absolute atomic E-state index is 11.8. The van der Waals surface area contributed by atoms with Crippen molar-refractivity contribution >= 4 is 21.9 Å². The highest BCUT2D eigenvalue weighted by atomic mass is 32.2. The van der Waals surface area contributed by atoms with Gasteiger partial charge in [0, 0.05) is 13.0 Å². The summed E-state index contributed by atoms with van der Waals surface area (Å²) in [6.07, 6.45) is 0.391. The fourth-order valence-electron chi connectivity index (χ4n) is 1.76. The van der Waals surface area contributed by atoms with Crippen molar-refractivity contribution in [2.75, 3.05) is 6.54 Å². The second-order valence-electron chi connectivity index (χ2n) is 4.72. The Morgan fingerprint density at radius 1 is 1.47 bits per heavy atom. The third kappa shape index (κ3) is 2.15. The number of sulfonamides is 1. The van der Waals surface area contributed by atoms with E-state index in [1.807, 2.05) is 0 Å². The van der Waals surface area contributed by atoms with Gasteiger partial charge in [-0.2, -0.15) is 0 Å². The van der Waals surface area contributed by atoms with Gasteiger partial charge >= 0.3 is 5.97 Å². The van der Waals surface area contributed by atoms with Crippen molar-refractivity contribution in [2.45, 2.75) is 38.4 Å². The summed E-state index contributed by atoms with van der Waals surface area (Å²) >= 11 is 0. The number of carboxylic acid groups (broad SMARTS) is 1. The molecular formula is C10H17NO5S. The van der Waals surface area contributed by atoms with Crippen LogP contribution in [0.25, 0.3) is 0 Å². The summed E-state index contributed by atoms with van der Waals surface area (Å²) in [5.74, 6) is -1.77. The van der Waals surface area contributed by atoms with Crippen molar-refractivity contribution in [1.29, 1.82) is 0 Å². The van der Waals surface area contributed by atoms with Gasteiger partial charge in [-0.15, -0.1) is 0 Å². The number of carboxylic acids is 1. The van der Waals surface area contributed by atoms with Gasteiger partial charge in [0.1, 0.15) is 0 Å². The number of carbonyl (C=O) groups excluding carboxylic acids is 1. The lowest BCUT2D eigenvalue weighted by atomic mass is 10.0. The smallest absolute Gasteiger partial charge is 0.303 e. The molecule has 1 aliphatic rings. The Bertz CT molecular complexity index is 440. The molecular weight excluding hydrogens is 246 g/mol. The lowest BCUT2D eigenvalue weighted by Gasteiger charge is -2.44. The van der Waals surface area contributed by atoms with Crippen LogP contribution in [0.1, 0.15) is 33.6 Å². The van der Waals surface area contributed by atoms with E-state index >= 15 is 0 Å². The first-order valence-electron chi connectivity index (χ1n) is 5.43. The van der Waals surface area contributed by atoms with Crippen LogP contribution in [0.3, 0.4) is 0 Å². The zero-order chi connectivity index (χ0) is 13.4. The first kappa shape index (κ1) is 14.0. The normalized spacial score (nSPS) is 23.0. The molecule has 1 unspecified atom stereocenters. The van der Waals surface area contributed by atoms with Gasteiger partial charge in [0.25, 0.3) is 15.9 Å². The molecule has 0 aromatic carbocycles. The lowest BCUT2D eigenvalue weighted by Crippen LogP contribution is -2.67. The number of rotatable bonds is 5. The molecule has 0 aliphatic carbocycles. The number of amides is 1. The molecule has 1 N–H and O–H groups in total. The third-order valence-electron chi connectivity index (χ3n) is 3.14. The van der Waals surface area contributed by atoms with Crippen LogP contribution in [0.15, 0.2) is 0 Å². The molecule has 0 aromatic heterocycles. The zero-order valence-electron chi connectivity index (χ0n) is 10.1. The summed E-state index contributed by atoms with van der Waals surface area (Å²) in [7, 11) is -3.60. The van der Waals surface area contributed by atoms with Crippen molar-refractivity contribution in [3.05, 3.63) is 0 Å². The van der Waals surface area contributed by atoms with Gasteiger partial charge in [-0.1, -0.05) is 13.3 Å². The first-order chi connectivity index (χ1) is 7.64. The van der Waals surface area contributed by atoms with Gasteiger partial charge in [0.15, 0.2) is 4.75 Å². The minimum atomic E-state index is -3.60. The van der Waals surface area contributed by atoms with E-state index < -0.39 is 26.6 Å². The highest BCUT2D eigenvalue weighted by Gasteiger charge is 2.60. The molecule has 6 nitrogen and oxygen atoms in total. The summed E-state index contributed by atoms with van der Waals surface area (Å²) in [5.41, 5.74) is 0. The quantitative estimate of drug-likeness (QED) is 0.777. The van der Waals surface area contributed by atoms with Gasteiger partial charge in [-0.25, -0.2) is 12.7 Å². The van der Waals surface area contributed by atoms with E-state index in [0.29, 0.717) is 6.42 Å². The Hall–Kier alpha value is -1.11. The maximum atomic E-state index is 11.8. The fourth-order valence-corrected chi connectivity index (χ4v) is 3.36. The van der Waals surface area contributed by atoms with Crippen LogP contribution in [0, 0.1) is 5.92 Å². The van der Waals surface area contributed by atoms with Crippen LogP contribution in [0.5, 0.6) is 0 Å². The summed E-state index contributed by atoms with van der Waals surface area (Å²) in [4.78, 5) is 22.2. The van der Waals surface area contributed by atoms with Crippen molar-refractivity contribution in [3.8, 4) is 0 Å². The minimum absolute atomic E-state index is 0.0343. The molecule has 1 amide bonds. The molecule has 1 rings (SSSR count). The maximum Gasteiger partial charge on any atom is 0.303 e. The Kier molecular flexibility index (Phi) is 3.52. The van der Waals surface area contributed by atoms with E-state index in [2.05, 4.69) is 0 Å². The molecule has 1 atom stereocenters. The van der Waals surface area contributed by atoms with E-state index in [-0.39, 0.29) is 18.9 Å². The van der Waals surface area contributed by atoms with Crippen molar-refractivity contribution in [1.82, 2.24) is 4.31 Å². The number of aliphatic carboxylic acids is 1. The molecule has 1 saturated heterocycles. The summed E-state index contributed by atoms with van der Waals surface area (Å²) in [6.45, 7) is 4.46. The predicted molar refractivity (Wildman–Crippen MR) is 60.7 cm³/mol. The van der Waals surface area contributed by atoms with E-state index in [9.17, 15) is 18.0 Å². The highest BCUT2D eigenvalue weighted by molar-refractivity contribution is 7.94. The van der Waals surface area contributed by atoms with E-state index in [1.54, 1.807) is 6.92 Å². The molecule has 1 aliphatic heterocycles. The number of carbonyl (C=O) groups is 2. The molecule has 7 heteroatoms. The Morgan fingerprint density at radius 2 is 2.00 bits per heavy atom. The molecule has 0 saturated carbocycles. The van der Waals surface area contributed by atoms with Gasteiger partial charge in [0.2, 0.25) is 0 Å². The third-order valence-corrected chi connectivity index (χ3v) is 5.50. The van der Waals surface area contributed by atoms with Crippen LogP contribution in [-0.4, -0.2) is 41.0 Å². The zero-order valence-corrected chi connectivity index (χ0v) is 11.0. The number of hydrogen-bond donors (Lipinski definition) is 1. The predicted octanol–water partition coefficient (Wildman–Crippen LogP) is 0.438. The van der Waals surface area contributed by atoms with Crippen molar-refractivity contribution < 1.29 is 23.1 Å². The first-order valence-corrected chi connectivity index (χ1v) is 6.87. The second-order valence-corrected chi connectivity index (χ2v) is 7.14. The summed E-state index contributed by atoms with van der Waals surface area (Å²) in [6, 6.07) is 0. The Balaban J connectivity index is 2.77. The summed E-state index contributed by atoms with van der Waals surface area (Å²) in [5, 5.41) is 8.66. The van der Waals surface area contributed by atoms with Gasteiger partial charge in [-0.3, -0.25) is 9.59 Å². The minimum Gasteiger partial charge on any atom is -0.481 e. The summed E-state index contributed by atoms with van der Waals surface area (Å²) < 4.78 is 23.0. The van der Waals surface area contributed by atoms with Gasteiger partial charge in [0.05, 0.1) is 0 Å². The average molecular weight is 263 g/mol. The average Bonchev–Trinajstić information content (AvgIpc) is 2.21. The fraction of sp³-hybridized carbons (Fsp3) is 0.800. The largest absolute Gasteiger partial charge is 0.481 e. The van der Waals surface area contributed by atoms with Gasteiger partial charge < -0.3 is 5.11 Å². The molecule has 98 valence electrons. The van der Waals surface area contributed by atoms with Crippen LogP contribution in [0.2, 0.25) is 0 Å². The Labute approximate surface area is 101 Å². The molecule has 0 spiro atoms. The Morgan fingerprint density at radius 3 is 2.35 bits per heavy atom. The molecule has 1 fully saturated rings. The molecule has 0 bridgehead atoms. The van der Waals surface area contributed by atoms with Crippen LogP contribution < -0.4 is 0 Å². The molecule has 17 heavy (non-hydrogen) atoms. The SMILES string of the molecule is CCC(CC(=O)O)CN1C(=O)C(C)(C)S1(=O)=O. The lowest BCUT2D eigenvalue weighted by molar-refractivity contribution is -0.139. The number of nitrogens with zero attached hydrogens (tertiary/aromatic N) is 1. The topological polar surface area (TPSA) is 91.8 Å². The van der Waals surface area contributed by atoms with E-state index in [4.69, 9.17) is 5.11 Å². The van der Waals surface area contributed by atoms with Crippen molar-refractivity contribution in [3.63, 3.8) is 0 Å². The molecule has 0 aromatic rings. The van der Waals surface area contributed by atoms with E-state index in [1.165, 1.54) is 13.8 Å².